The second kappa shape index (κ2) is 9.47. The molecule has 1 aliphatic heterocycles. The number of benzene rings is 1. The van der Waals surface area contributed by atoms with Crippen molar-refractivity contribution >= 4 is 18.3 Å². The number of nitrogens with one attached hydrogen (secondary N) is 1. The summed E-state index contributed by atoms with van der Waals surface area (Å²) >= 11 is 0. The zero-order chi connectivity index (χ0) is 16.8. The van der Waals surface area contributed by atoms with Gasteiger partial charge in [-0.1, -0.05) is 29.4 Å². The Bertz CT molecular complexity index is 671. The van der Waals surface area contributed by atoms with Crippen LogP contribution in [0, 0.1) is 0 Å². The Labute approximate surface area is 152 Å². The van der Waals surface area contributed by atoms with Gasteiger partial charge in [0, 0.05) is 25.2 Å². The van der Waals surface area contributed by atoms with Gasteiger partial charge in [0.05, 0.1) is 26.3 Å². The fraction of sp³-hybridized carbons (Fsp3) is 0.438. The van der Waals surface area contributed by atoms with Crippen molar-refractivity contribution in [1.29, 1.82) is 0 Å². The zero-order valence-corrected chi connectivity index (χ0v) is 14.6. The number of carbonyl (C=O) groups is 1. The third kappa shape index (κ3) is 5.50. The first kappa shape index (κ1) is 19.3. The van der Waals surface area contributed by atoms with E-state index in [1.54, 1.807) is 0 Å². The predicted molar refractivity (Wildman–Crippen MR) is 94.0 cm³/mol. The van der Waals surface area contributed by atoms with Crippen molar-refractivity contribution in [3.05, 3.63) is 35.7 Å². The fourth-order valence-electron chi connectivity index (χ4n) is 2.47. The van der Waals surface area contributed by atoms with Gasteiger partial charge in [-0.2, -0.15) is 4.98 Å². The number of carbonyl (C=O) groups excluding carboxylic acids is 1. The van der Waals surface area contributed by atoms with Crippen LogP contribution in [0.15, 0.2) is 28.8 Å². The van der Waals surface area contributed by atoms with Crippen LogP contribution in [0.1, 0.15) is 11.5 Å². The zero-order valence-electron chi connectivity index (χ0n) is 13.8. The minimum Gasteiger partial charge on any atom is -0.379 e. The number of amides is 1. The third-order valence-electron chi connectivity index (χ3n) is 3.81. The molecule has 2 heterocycles. The van der Waals surface area contributed by atoms with Crippen LogP contribution in [-0.4, -0.2) is 53.8 Å². The summed E-state index contributed by atoms with van der Waals surface area (Å²) in [6, 6.07) is 8.08. The molecule has 0 aliphatic carbocycles. The largest absolute Gasteiger partial charge is 0.379 e. The maximum absolute atomic E-state index is 11.1. The SMILES string of the molecule is Cl.NCC(=O)NCc1nc(-c2ccc(CN3CCOCC3)cc2)no1. The van der Waals surface area contributed by atoms with Gasteiger partial charge in [-0.05, 0) is 5.56 Å². The number of hydrogen-bond donors (Lipinski definition) is 2. The summed E-state index contributed by atoms with van der Waals surface area (Å²) in [4.78, 5) is 17.8. The minimum absolute atomic E-state index is 0. The molecule has 3 N–H and O–H groups in total. The molecule has 1 aromatic carbocycles. The lowest BCUT2D eigenvalue weighted by atomic mass is 10.1. The van der Waals surface area contributed by atoms with Crippen LogP contribution in [0.25, 0.3) is 11.4 Å². The first-order chi connectivity index (χ1) is 11.7. The second-order valence-corrected chi connectivity index (χ2v) is 5.58. The Morgan fingerprint density at radius 3 is 2.64 bits per heavy atom. The molecule has 136 valence electrons. The molecular formula is C16H22ClN5O3. The normalized spacial score (nSPS) is 14.8. The molecule has 1 fully saturated rings. The molecule has 0 atom stereocenters. The number of nitrogens with zero attached hydrogens (tertiary/aromatic N) is 3. The van der Waals surface area contributed by atoms with Crippen LogP contribution in [0.3, 0.4) is 0 Å². The standard InChI is InChI=1S/C16H21N5O3.ClH/c17-9-14(22)18-10-15-19-16(20-24-15)13-3-1-12(2-4-13)11-21-5-7-23-8-6-21;/h1-4H,5-11,17H2,(H,18,22);1H. The molecule has 0 saturated carbocycles. The van der Waals surface area contributed by atoms with Crippen molar-refractivity contribution in [2.45, 2.75) is 13.1 Å². The Morgan fingerprint density at radius 2 is 1.96 bits per heavy atom. The van der Waals surface area contributed by atoms with E-state index in [9.17, 15) is 4.79 Å². The first-order valence-corrected chi connectivity index (χ1v) is 7.93. The molecule has 1 aliphatic rings. The highest BCUT2D eigenvalue weighted by atomic mass is 35.5. The van der Waals surface area contributed by atoms with E-state index in [4.69, 9.17) is 15.0 Å². The van der Waals surface area contributed by atoms with E-state index in [1.807, 2.05) is 12.1 Å². The van der Waals surface area contributed by atoms with Gasteiger partial charge in [0.2, 0.25) is 17.6 Å². The van der Waals surface area contributed by atoms with E-state index in [0.717, 1.165) is 38.4 Å². The van der Waals surface area contributed by atoms with Gasteiger partial charge in [-0.15, -0.1) is 12.4 Å². The van der Waals surface area contributed by atoms with Crippen LogP contribution >= 0.6 is 12.4 Å². The van der Waals surface area contributed by atoms with Crippen LogP contribution in [0.5, 0.6) is 0 Å². The monoisotopic (exact) mass is 367 g/mol. The lowest BCUT2D eigenvalue weighted by Crippen LogP contribution is -2.35. The van der Waals surface area contributed by atoms with Crippen molar-refractivity contribution in [1.82, 2.24) is 20.4 Å². The molecule has 0 radical (unpaired) electrons. The summed E-state index contributed by atoms with van der Waals surface area (Å²) in [5.41, 5.74) is 7.34. The molecule has 0 spiro atoms. The van der Waals surface area contributed by atoms with Gasteiger partial charge < -0.3 is 20.3 Å². The molecule has 1 aromatic heterocycles. The summed E-state index contributed by atoms with van der Waals surface area (Å²) in [5, 5.41) is 6.53. The van der Waals surface area contributed by atoms with Crippen molar-refractivity contribution in [3.8, 4) is 11.4 Å². The Morgan fingerprint density at radius 1 is 1.24 bits per heavy atom. The minimum atomic E-state index is -0.262. The van der Waals surface area contributed by atoms with E-state index >= 15 is 0 Å². The molecule has 9 heteroatoms. The number of rotatable bonds is 6. The highest BCUT2D eigenvalue weighted by molar-refractivity contribution is 5.85. The number of halogens is 1. The highest BCUT2D eigenvalue weighted by Crippen LogP contribution is 2.17. The van der Waals surface area contributed by atoms with Crippen molar-refractivity contribution < 1.29 is 14.1 Å². The van der Waals surface area contributed by atoms with E-state index < -0.39 is 0 Å². The Hall–Kier alpha value is -2.00. The van der Waals surface area contributed by atoms with E-state index in [0.29, 0.717) is 11.7 Å². The van der Waals surface area contributed by atoms with E-state index in [2.05, 4.69) is 32.5 Å². The van der Waals surface area contributed by atoms with Crippen molar-refractivity contribution in [2.75, 3.05) is 32.8 Å². The maximum Gasteiger partial charge on any atom is 0.246 e. The average Bonchev–Trinajstić information content (AvgIpc) is 3.10. The number of morpholine rings is 1. The van der Waals surface area contributed by atoms with Crippen LogP contribution in [0.2, 0.25) is 0 Å². The molecule has 1 saturated heterocycles. The molecule has 0 bridgehead atoms. The molecular weight excluding hydrogens is 346 g/mol. The number of ether oxygens (including phenoxy) is 1. The Kier molecular flexibility index (Phi) is 7.32. The van der Waals surface area contributed by atoms with Crippen LogP contribution in [-0.2, 0) is 22.6 Å². The smallest absolute Gasteiger partial charge is 0.246 e. The summed E-state index contributed by atoms with van der Waals surface area (Å²) < 4.78 is 10.5. The van der Waals surface area contributed by atoms with Crippen LogP contribution < -0.4 is 11.1 Å². The quantitative estimate of drug-likeness (QED) is 0.768. The number of aromatic nitrogens is 2. The molecule has 1 amide bonds. The molecule has 2 aromatic rings. The van der Waals surface area contributed by atoms with Gasteiger partial charge in [0.15, 0.2) is 0 Å². The molecule has 8 nitrogen and oxygen atoms in total. The van der Waals surface area contributed by atoms with Crippen molar-refractivity contribution in [3.63, 3.8) is 0 Å². The number of nitrogens with two attached hydrogens (primary N) is 1. The number of hydrogen-bond acceptors (Lipinski definition) is 7. The predicted octanol–water partition coefficient (Wildman–Crippen LogP) is 0.566. The van der Waals surface area contributed by atoms with Crippen molar-refractivity contribution in [2.24, 2.45) is 5.73 Å². The third-order valence-corrected chi connectivity index (χ3v) is 3.81. The van der Waals surface area contributed by atoms with Gasteiger partial charge >= 0.3 is 0 Å². The summed E-state index contributed by atoms with van der Waals surface area (Å²) in [5.74, 6) is 0.594. The lowest BCUT2D eigenvalue weighted by molar-refractivity contribution is -0.120. The summed E-state index contributed by atoms with van der Waals surface area (Å²) in [6.45, 7) is 4.54. The maximum atomic E-state index is 11.1. The molecule has 0 unspecified atom stereocenters. The lowest BCUT2D eigenvalue weighted by Gasteiger charge is -2.26. The molecule has 3 rings (SSSR count). The summed E-state index contributed by atoms with van der Waals surface area (Å²) in [6.07, 6.45) is 0. The van der Waals surface area contributed by atoms with E-state index in [1.165, 1.54) is 5.56 Å². The van der Waals surface area contributed by atoms with Gasteiger partial charge in [0.1, 0.15) is 0 Å². The Balaban J connectivity index is 0.00000225. The second-order valence-electron chi connectivity index (χ2n) is 5.58. The fourth-order valence-corrected chi connectivity index (χ4v) is 2.47. The van der Waals surface area contributed by atoms with Crippen LogP contribution in [0.4, 0.5) is 0 Å². The summed E-state index contributed by atoms with van der Waals surface area (Å²) in [7, 11) is 0. The topological polar surface area (TPSA) is 107 Å². The highest BCUT2D eigenvalue weighted by Gasteiger charge is 2.12. The van der Waals surface area contributed by atoms with E-state index in [-0.39, 0.29) is 31.4 Å². The average molecular weight is 368 g/mol. The first-order valence-electron chi connectivity index (χ1n) is 7.93. The van der Waals surface area contributed by atoms with Gasteiger partial charge in [-0.25, -0.2) is 0 Å². The molecule has 25 heavy (non-hydrogen) atoms. The van der Waals surface area contributed by atoms with Gasteiger partial charge in [0.25, 0.3) is 0 Å². The van der Waals surface area contributed by atoms with Gasteiger partial charge in [-0.3, -0.25) is 9.69 Å².